The minimum Gasteiger partial charge on any atom is -0.436 e. The van der Waals surface area contributed by atoms with Crippen molar-refractivity contribution in [1.29, 1.82) is 0 Å². The number of nitrogens with one attached hydrogen (secondary N) is 1. The number of carbonyl (C=O) groups excluding carboxylic acids is 2. The highest BCUT2D eigenvalue weighted by Gasteiger charge is 2.34. The van der Waals surface area contributed by atoms with E-state index in [0.29, 0.717) is 41.2 Å². The van der Waals surface area contributed by atoms with Crippen LogP contribution in [-0.2, 0) is 9.59 Å². The summed E-state index contributed by atoms with van der Waals surface area (Å²) in [5.41, 5.74) is 2.40. The van der Waals surface area contributed by atoms with E-state index in [0.717, 1.165) is 6.42 Å². The second-order valence-corrected chi connectivity index (χ2v) is 7.54. The lowest BCUT2D eigenvalue weighted by molar-refractivity contribution is -0.139. The van der Waals surface area contributed by atoms with E-state index in [4.69, 9.17) is 4.42 Å². The molecular formula is C22H22FN3O3. The van der Waals surface area contributed by atoms with Gasteiger partial charge in [0.2, 0.25) is 17.7 Å². The molecule has 4 rings (SSSR count). The van der Waals surface area contributed by atoms with Gasteiger partial charge in [0.05, 0.1) is 0 Å². The minimum atomic E-state index is -0.454. The van der Waals surface area contributed by atoms with Gasteiger partial charge in [-0.1, -0.05) is 13.8 Å². The van der Waals surface area contributed by atoms with Crippen LogP contribution in [0.5, 0.6) is 0 Å². The van der Waals surface area contributed by atoms with Crippen LogP contribution in [0.1, 0.15) is 26.7 Å². The number of hydrogen-bond acceptors (Lipinski definition) is 4. The molecular weight excluding hydrogens is 373 g/mol. The largest absolute Gasteiger partial charge is 0.436 e. The number of rotatable bonds is 4. The van der Waals surface area contributed by atoms with Crippen LogP contribution in [0, 0.1) is 11.7 Å². The highest BCUT2D eigenvalue weighted by molar-refractivity contribution is 5.98. The molecule has 1 aromatic heterocycles. The van der Waals surface area contributed by atoms with E-state index in [1.165, 1.54) is 12.1 Å². The van der Waals surface area contributed by atoms with Crippen molar-refractivity contribution in [3.05, 3.63) is 48.3 Å². The first-order chi connectivity index (χ1) is 13.9. The van der Waals surface area contributed by atoms with E-state index in [1.807, 2.05) is 13.8 Å². The number of amides is 2. The lowest BCUT2D eigenvalue weighted by Crippen LogP contribution is -2.44. The van der Waals surface area contributed by atoms with Crippen LogP contribution < -0.4 is 5.32 Å². The topological polar surface area (TPSA) is 75.4 Å². The van der Waals surface area contributed by atoms with Gasteiger partial charge in [-0.3, -0.25) is 9.59 Å². The number of benzene rings is 2. The van der Waals surface area contributed by atoms with Gasteiger partial charge in [0, 0.05) is 29.8 Å². The summed E-state index contributed by atoms with van der Waals surface area (Å²) < 4.78 is 18.9. The maximum atomic E-state index is 13.1. The summed E-state index contributed by atoms with van der Waals surface area (Å²) >= 11 is 0. The Morgan fingerprint density at radius 2 is 1.97 bits per heavy atom. The van der Waals surface area contributed by atoms with Gasteiger partial charge >= 0.3 is 0 Å². The molecule has 29 heavy (non-hydrogen) atoms. The molecule has 3 aromatic rings. The zero-order valence-corrected chi connectivity index (χ0v) is 16.3. The predicted octanol–water partition coefficient (Wildman–Crippen LogP) is 4.22. The Balaban J connectivity index is 1.53. The quantitative estimate of drug-likeness (QED) is 0.718. The second kappa shape index (κ2) is 7.66. The number of fused-ring (bicyclic) bond motifs is 1. The minimum absolute atomic E-state index is 0.00252. The summed E-state index contributed by atoms with van der Waals surface area (Å²) in [7, 11) is 0. The van der Waals surface area contributed by atoms with Crippen molar-refractivity contribution in [2.75, 3.05) is 11.9 Å². The Labute approximate surface area is 167 Å². The standard InChI is InChI=1S/C22H22FN3O3/c1-13(2)22(28)26-11-3-4-18(26)20(27)24-16-9-10-17-19(12-16)29-21(25-17)14-5-7-15(23)8-6-14/h5-10,12-13,18H,3-4,11H2,1-2H3,(H,24,27). The normalized spacial score (nSPS) is 16.6. The Kier molecular flexibility index (Phi) is 5.05. The summed E-state index contributed by atoms with van der Waals surface area (Å²) in [5.74, 6) is -0.287. The summed E-state index contributed by atoms with van der Waals surface area (Å²) in [5, 5.41) is 2.89. The van der Waals surface area contributed by atoms with Crippen molar-refractivity contribution in [3.8, 4) is 11.5 Å². The smallest absolute Gasteiger partial charge is 0.247 e. The van der Waals surface area contributed by atoms with Crippen LogP contribution in [0.25, 0.3) is 22.6 Å². The fraction of sp³-hybridized carbons (Fsp3) is 0.318. The average molecular weight is 395 g/mol. The van der Waals surface area contributed by atoms with Gasteiger partial charge in [-0.25, -0.2) is 9.37 Å². The fourth-order valence-electron chi connectivity index (χ4n) is 3.58. The Morgan fingerprint density at radius 1 is 1.21 bits per heavy atom. The van der Waals surface area contributed by atoms with Crippen LogP contribution in [0.15, 0.2) is 46.9 Å². The summed E-state index contributed by atoms with van der Waals surface area (Å²) in [6.45, 7) is 4.29. The number of aromatic nitrogens is 1. The number of anilines is 1. The molecule has 1 saturated heterocycles. The zero-order valence-electron chi connectivity index (χ0n) is 16.3. The molecule has 0 spiro atoms. The number of hydrogen-bond donors (Lipinski definition) is 1. The van der Waals surface area contributed by atoms with Gasteiger partial charge in [-0.05, 0) is 49.2 Å². The van der Waals surface area contributed by atoms with Crippen molar-refractivity contribution in [3.63, 3.8) is 0 Å². The van der Waals surface area contributed by atoms with Crippen LogP contribution >= 0.6 is 0 Å². The monoisotopic (exact) mass is 395 g/mol. The summed E-state index contributed by atoms with van der Waals surface area (Å²) in [4.78, 5) is 31.2. The van der Waals surface area contributed by atoms with Crippen molar-refractivity contribution in [2.45, 2.75) is 32.7 Å². The molecule has 0 bridgehead atoms. The molecule has 2 heterocycles. The SMILES string of the molecule is CC(C)C(=O)N1CCCC1C(=O)Nc1ccc2nc(-c3ccc(F)cc3)oc2c1. The van der Waals surface area contributed by atoms with Crippen LogP contribution in [0.2, 0.25) is 0 Å². The van der Waals surface area contributed by atoms with Crippen molar-refractivity contribution < 1.29 is 18.4 Å². The van der Waals surface area contributed by atoms with Crippen molar-refractivity contribution in [2.24, 2.45) is 5.92 Å². The maximum Gasteiger partial charge on any atom is 0.247 e. The Hall–Kier alpha value is -3.22. The Bertz CT molecular complexity index is 1060. The van der Waals surface area contributed by atoms with Crippen LogP contribution in [0.4, 0.5) is 10.1 Å². The molecule has 7 heteroatoms. The molecule has 1 fully saturated rings. The molecule has 1 unspecified atom stereocenters. The van der Waals surface area contributed by atoms with Gasteiger partial charge in [0.25, 0.3) is 0 Å². The first kappa shape index (κ1) is 19.1. The van der Waals surface area contributed by atoms with Gasteiger partial charge in [-0.15, -0.1) is 0 Å². The van der Waals surface area contributed by atoms with E-state index in [-0.39, 0.29) is 23.5 Å². The summed E-state index contributed by atoms with van der Waals surface area (Å²) in [6.07, 6.45) is 1.47. The van der Waals surface area contributed by atoms with E-state index in [1.54, 1.807) is 35.2 Å². The fourth-order valence-corrected chi connectivity index (χ4v) is 3.58. The molecule has 150 valence electrons. The van der Waals surface area contributed by atoms with Gasteiger partial charge in [-0.2, -0.15) is 0 Å². The van der Waals surface area contributed by atoms with Crippen LogP contribution in [-0.4, -0.2) is 34.3 Å². The lowest BCUT2D eigenvalue weighted by Gasteiger charge is -2.25. The third-order valence-corrected chi connectivity index (χ3v) is 5.08. The highest BCUT2D eigenvalue weighted by Crippen LogP contribution is 2.27. The second-order valence-electron chi connectivity index (χ2n) is 7.54. The van der Waals surface area contributed by atoms with Gasteiger partial charge < -0.3 is 14.6 Å². The molecule has 1 aliphatic heterocycles. The molecule has 0 radical (unpaired) electrons. The highest BCUT2D eigenvalue weighted by atomic mass is 19.1. The molecule has 6 nitrogen and oxygen atoms in total. The predicted molar refractivity (Wildman–Crippen MR) is 108 cm³/mol. The van der Waals surface area contributed by atoms with Crippen molar-refractivity contribution in [1.82, 2.24) is 9.88 Å². The first-order valence-electron chi connectivity index (χ1n) is 9.70. The third-order valence-electron chi connectivity index (χ3n) is 5.08. The number of nitrogens with zero attached hydrogens (tertiary/aromatic N) is 2. The molecule has 0 saturated carbocycles. The Morgan fingerprint density at radius 3 is 2.69 bits per heavy atom. The van der Waals surface area contributed by atoms with E-state index in [2.05, 4.69) is 10.3 Å². The molecule has 1 N–H and O–H groups in total. The number of halogens is 1. The van der Waals surface area contributed by atoms with E-state index in [9.17, 15) is 14.0 Å². The molecule has 2 aromatic carbocycles. The number of oxazole rings is 1. The lowest BCUT2D eigenvalue weighted by atomic mass is 10.1. The zero-order chi connectivity index (χ0) is 20.5. The number of likely N-dealkylation sites (tertiary alicyclic amines) is 1. The molecule has 1 atom stereocenters. The molecule has 2 amide bonds. The molecule has 0 aliphatic carbocycles. The van der Waals surface area contributed by atoms with Gasteiger partial charge in [0.15, 0.2) is 5.58 Å². The third kappa shape index (κ3) is 3.85. The number of carbonyl (C=O) groups is 2. The van der Waals surface area contributed by atoms with E-state index >= 15 is 0 Å². The van der Waals surface area contributed by atoms with Gasteiger partial charge in [0.1, 0.15) is 17.4 Å². The van der Waals surface area contributed by atoms with E-state index < -0.39 is 6.04 Å². The maximum absolute atomic E-state index is 13.1. The average Bonchev–Trinajstić information content (AvgIpc) is 3.34. The molecule has 1 aliphatic rings. The van der Waals surface area contributed by atoms with Crippen molar-refractivity contribution >= 4 is 28.6 Å². The first-order valence-corrected chi connectivity index (χ1v) is 9.70. The van der Waals surface area contributed by atoms with Crippen LogP contribution in [0.3, 0.4) is 0 Å². The summed E-state index contributed by atoms with van der Waals surface area (Å²) in [6, 6.07) is 10.7.